The van der Waals surface area contributed by atoms with Crippen LogP contribution in [-0.4, -0.2) is 40.7 Å². The average molecular weight is 396 g/mol. The second kappa shape index (κ2) is 7.54. The first-order valence-corrected chi connectivity index (χ1v) is 10.1. The van der Waals surface area contributed by atoms with Crippen LogP contribution in [0.2, 0.25) is 0 Å². The van der Waals surface area contributed by atoms with E-state index in [0.29, 0.717) is 4.34 Å². The van der Waals surface area contributed by atoms with Crippen molar-refractivity contribution in [2.45, 2.75) is 49.2 Å². The number of thioether (sulfide) groups is 1. The molecule has 1 aliphatic heterocycles. The third-order valence-corrected chi connectivity index (χ3v) is 6.71. The van der Waals surface area contributed by atoms with Crippen molar-refractivity contribution in [1.82, 2.24) is 4.98 Å². The SMILES string of the molecule is CCOC(=O)C1(Sc2nc3ccccc3s2)C(=O)OC(OC(C)C)C1C. The topological polar surface area (TPSA) is 74.7 Å². The Kier molecular flexibility index (Phi) is 5.55. The number of hydrogen-bond acceptors (Lipinski definition) is 8. The zero-order valence-electron chi connectivity index (χ0n) is 15.1. The summed E-state index contributed by atoms with van der Waals surface area (Å²) in [5.41, 5.74) is 0.827. The highest BCUT2D eigenvalue weighted by molar-refractivity contribution is 8.03. The molecule has 0 spiro atoms. The number of nitrogens with zero attached hydrogens (tertiary/aromatic N) is 1. The molecule has 3 atom stereocenters. The highest BCUT2D eigenvalue weighted by Gasteiger charge is 2.63. The zero-order chi connectivity index (χ0) is 18.9. The smallest absolute Gasteiger partial charge is 0.337 e. The van der Waals surface area contributed by atoms with Gasteiger partial charge in [0.15, 0.2) is 4.34 Å². The van der Waals surface area contributed by atoms with Crippen LogP contribution in [0, 0.1) is 5.92 Å². The van der Waals surface area contributed by atoms with Crippen LogP contribution in [0.3, 0.4) is 0 Å². The lowest BCUT2D eigenvalue weighted by molar-refractivity contribution is -0.174. The first-order valence-electron chi connectivity index (χ1n) is 8.46. The number of fused-ring (bicyclic) bond motifs is 1. The molecule has 1 aromatic heterocycles. The van der Waals surface area contributed by atoms with Crippen LogP contribution in [0.15, 0.2) is 28.6 Å². The summed E-state index contributed by atoms with van der Waals surface area (Å²) in [6.07, 6.45) is -0.936. The van der Waals surface area contributed by atoms with Crippen LogP contribution < -0.4 is 0 Å². The molecule has 0 aliphatic carbocycles. The maximum atomic E-state index is 12.8. The van der Waals surface area contributed by atoms with E-state index in [-0.39, 0.29) is 12.7 Å². The molecule has 0 bridgehead atoms. The molecule has 2 heterocycles. The summed E-state index contributed by atoms with van der Waals surface area (Å²) in [4.78, 5) is 30.1. The molecule has 26 heavy (non-hydrogen) atoms. The Morgan fingerprint density at radius 1 is 1.42 bits per heavy atom. The van der Waals surface area contributed by atoms with Crippen LogP contribution in [0.25, 0.3) is 10.2 Å². The Morgan fingerprint density at radius 2 is 2.15 bits per heavy atom. The van der Waals surface area contributed by atoms with E-state index in [1.807, 2.05) is 38.1 Å². The summed E-state index contributed by atoms with van der Waals surface area (Å²) in [5, 5.41) is 0. The van der Waals surface area contributed by atoms with E-state index in [9.17, 15) is 9.59 Å². The first kappa shape index (κ1) is 19.1. The number of aromatic nitrogens is 1. The quantitative estimate of drug-likeness (QED) is 0.546. The molecule has 0 radical (unpaired) electrons. The normalized spacial score (nSPS) is 25.7. The van der Waals surface area contributed by atoms with Crippen LogP contribution >= 0.6 is 23.1 Å². The van der Waals surface area contributed by atoms with E-state index in [0.717, 1.165) is 22.0 Å². The van der Waals surface area contributed by atoms with Crippen molar-refractivity contribution >= 4 is 45.3 Å². The monoisotopic (exact) mass is 395 g/mol. The number of cyclic esters (lactones) is 1. The van der Waals surface area contributed by atoms with E-state index < -0.39 is 28.9 Å². The molecular weight excluding hydrogens is 374 g/mol. The van der Waals surface area contributed by atoms with E-state index in [1.165, 1.54) is 11.3 Å². The molecule has 3 rings (SSSR count). The van der Waals surface area contributed by atoms with Gasteiger partial charge >= 0.3 is 11.9 Å². The maximum Gasteiger partial charge on any atom is 0.337 e. The molecule has 1 aliphatic rings. The molecule has 1 saturated heterocycles. The largest absolute Gasteiger partial charge is 0.464 e. The second-order valence-electron chi connectivity index (χ2n) is 6.25. The molecule has 0 saturated carbocycles. The highest BCUT2D eigenvalue weighted by atomic mass is 32.2. The lowest BCUT2D eigenvalue weighted by atomic mass is 9.95. The standard InChI is InChI=1S/C18H21NO5S2/c1-5-22-15(20)18(11(4)14(23-10(2)3)24-16(18)21)26-17-19-12-8-6-7-9-13(12)25-17/h6-11,14H,5H2,1-4H3. The lowest BCUT2D eigenvalue weighted by Gasteiger charge is -2.26. The number of hydrogen-bond donors (Lipinski definition) is 0. The molecule has 2 aromatic rings. The van der Waals surface area contributed by atoms with Gasteiger partial charge in [0.25, 0.3) is 0 Å². The predicted molar refractivity (Wildman–Crippen MR) is 100 cm³/mol. The van der Waals surface area contributed by atoms with Crippen LogP contribution in [-0.2, 0) is 23.8 Å². The number of rotatable bonds is 6. The molecule has 0 amide bonds. The van der Waals surface area contributed by atoms with Crippen LogP contribution in [0.4, 0.5) is 0 Å². The van der Waals surface area contributed by atoms with Crippen molar-refractivity contribution in [3.63, 3.8) is 0 Å². The third kappa shape index (κ3) is 3.33. The Bertz CT molecular complexity index is 788. The van der Waals surface area contributed by atoms with Gasteiger partial charge < -0.3 is 14.2 Å². The number of carbonyl (C=O) groups is 2. The molecular formula is C18H21NO5S2. The Balaban J connectivity index is 1.98. The van der Waals surface area contributed by atoms with Crippen molar-refractivity contribution < 1.29 is 23.8 Å². The molecule has 8 heteroatoms. The maximum absolute atomic E-state index is 12.8. The minimum absolute atomic E-state index is 0.138. The first-order chi connectivity index (χ1) is 12.4. The zero-order valence-corrected chi connectivity index (χ0v) is 16.7. The number of para-hydroxylation sites is 1. The fourth-order valence-electron chi connectivity index (χ4n) is 2.80. The lowest BCUT2D eigenvalue weighted by Crippen LogP contribution is -2.47. The van der Waals surface area contributed by atoms with E-state index >= 15 is 0 Å². The van der Waals surface area contributed by atoms with Crippen molar-refractivity contribution in [2.24, 2.45) is 5.92 Å². The van der Waals surface area contributed by atoms with Crippen LogP contribution in [0.5, 0.6) is 0 Å². The number of ether oxygens (including phenoxy) is 3. The van der Waals surface area contributed by atoms with Crippen LogP contribution in [0.1, 0.15) is 27.7 Å². The van der Waals surface area contributed by atoms with Gasteiger partial charge in [-0.1, -0.05) is 30.8 Å². The minimum atomic E-state index is -1.52. The Labute approximate surface area is 160 Å². The van der Waals surface area contributed by atoms with Gasteiger partial charge in [0.2, 0.25) is 11.0 Å². The fraction of sp³-hybridized carbons (Fsp3) is 0.500. The van der Waals surface area contributed by atoms with Gasteiger partial charge in [-0.2, -0.15) is 0 Å². The predicted octanol–water partition coefficient (Wildman–Crippen LogP) is 3.63. The molecule has 140 valence electrons. The fourth-order valence-corrected chi connectivity index (χ4v) is 5.32. The average Bonchev–Trinajstić information content (AvgIpc) is 3.09. The summed E-state index contributed by atoms with van der Waals surface area (Å²) >= 11 is 2.53. The van der Waals surface area contributed by atoms with E-state index in [2.05, 4.69) is 4.98 Å². The van der Waals surface area contributed by atoms with Gasteiger partial charge in [0.05, 0.1) is 28.8 Å². The minimum Gasteiger partial charge on any atom is -0.464 e. The van der Waals surface area contributed by atoms with Gasteiger partial charge in [-0.3, -0.25) is 0 Å². The van der Waals surface area contributed by atoms with Crippen molar-refractivity contribution in [2.75, 3.05) is 6.61 Å². The summed E-state index contributed by atoms with van der Waals surface area (Å²) in [7, 11) is 0. The van der Waals surface area contributed by atoms with E-state index in [1.54, 1.807) is 13.8 Å². The number of carbonyl (C=O) groups excluding carboxylic acids is 2. The molecule has 6 nitrogen and oxygen atoms in total. The second-order valence-corrected chi connectivity index (χ2v) is 8.78. The Morgan fingerprint density at radius 3 is 2.81 bits per heavy atom. The Hall–Kier alpha value is -1.64. The summed E-state index contributed by atoms with van der Waals surface area (Å²) < 4.78 is 16.4. The molecule has 0 N–H and O–H groups in total. The molecule has 1 fully saturated rings. The number of esters is 2. The summed E-state index contributed by atoms with van der Waals surface area (Å²) in [5.74, 6) is -1.77. The summed E-state index contributed by atoms with van der Waals surface area (Å²) in [6, 6.07) is 7.68. The van der Waals surface area contributed by atoms with Crippen molar-refractivity contribution in [3.8, 4) is 0 Å². The van der Waals surface area contributed by atoms with Crippen molar-refractivity contribution in [1.29, 1.82) is 0 Å². The summed E-state index contributed by atoms with van der Waals surface area (Å²) in [6.45, 7) is 7.37. The van der Waals surface area contributed by atoms with Gasteiger partial charge in [-0.05, 0) is 32.9 Å². The third-order valence-electron chi connectivity index (χ3n) is 4.08. The van der Waals surface area contributed by atoms with Crippen molar-refractivity contribution in [3.05, 3.63) is 24.3 Å². The van der Waals surface area contributed by atoms with Gasteiger partial charge in [-0.25, -0.2) is 14.6 Å². The van der Waals surface area contributed by atoms with Gasteiger partial charge in [0, 0.05) is 0 Å². The molecule has 1 aromatic carbocycles. The highest BCUT2D eigenvalue weighted by Crippen LogP contribution is 2.49. The molecule has 3 unspecified atom stereocenters. The van der Waals surface area contributed by atoms with Gasteiger partial charge in [-0.15, -0.1) is 11.3 Å². The number of benzene rings is 1. The number of thiazole rings is 1. The van der Waals surface area contributed by atoms with Gasteiger partial charge in [0.1, 0.15) is 0 Å². The van der Waals surface area contributed by atoms with E-state index in [4.69, 9.17) is 14.2 Å².